The van der Waals surface area contributed by atoms with E-state index in [9.17, 15) is 0 Å². The summed E-state index contributed by atoms with van der Waals surface area (Å²) in [6, 6.07) is 16.5. The molecule has 5 heteroatoms. The lowest BCUT2D eigenvalue weighted by atomic mass is 10.0. The van der Waals surface area contributed by atoms with Gasteiger partial charge in [0.25, 0.3) is 0 Å². The molecule has 4 aromatic rings. The van der Waals surface area contributed by atoms with Gasteiger partial charge in [-0.25, -0.2) is 9.97 Å². The molecule has 3 nitrogen and oxygen atoms in total. The Bertz CT molecular complexity index is 1170. The SMILES string of the molecule is Cc1ccc(-c2csc3ncnc(SCc4cccc(C#N)c4)c23)cc1C. The minimum atomic E-state index is 0.687. The molecule has 2 aromatic carbocycles. The topological polar surface area (TPSA) is 49.6 Å². The number of nitrogens with zero attached hydrogens (tertiary/aromatic N) is 3. The maximum absolute atomic E-state index is 9.09. The van der Waals surface area contributed by atoms with Crippen LogP contribution in [0.3, 0.4) is 0 Å². The van der Waals surface area contributed by atoms with Crippen LogP contribution in [0.15, 0.2) is 59.2 Å². The van der Waals surface area contributed by atoms with Crippen molar-refractivity contribution in [3.63, 3.8) is 0 Å². The van der Waals surface area contributed by atoms with Gasteiger partial charge in [-0.1, -0.05) is 30.3 Å². The summed E-state index contributed by atoms with van der Waals surface area (Å²) in [4.78, 5) is 10.0. The standard InChI is InChI=1S/C22H17N3S2/c1-14-6-7-18(8-15(14)2)19-12-27-22-20(19)21(24-13-25-22)26-11-17-5-3-4-16(9-17)10-23/h3-9,12-13H,11H2,1-2H3. The molecule has 0 aliphatic carbocycles. The Morgan fingerprint density at radius 1 is 1.07 bits per heavy atom. The second-order valence-electron chi connectivity index (χ2n) is 6.41. The number of aryl methyl sites for hydroxylation is 2. The Morgan fingerprint density at radius 3 is 2.78 bits per heavy atom. The molecule has 0 amide bonds. The van der Waals surface area contributed by atoms with E-state index in [-0.39, 0.29) is 0 Å². The predicted molar refractivity (Wildman–Crippen MR) is 113 cm³/mol. The third-order valence-electron chi connectivity index (χ3n) is 4.59. The van der Waals surface area contributed by atoms with E-state index in [0.29, 0.717) is 5.56 Å². The van der Waals surface area contributed by atoms with Crippen molar-refractivity contribution in [1.29, 1.82) is 5.26 Å². The average Bonchev–Trinajstić information content (AvgIpc) is 3.13. The van der Waals surface area contributed by atoms with Gasteiger partial charge >= 0.3 is 0 Å². The molecule has 4 rings (SSSR count). The van der Waals surface area contributed by atoms with Crippen LogP contribution in [-0.4, -0.2) is 9.97 Å². The van der Waals surface area contributed by atoms with Crippen LogP contribution in [0.25, 0.3) is 21.3 Å². The number of benzene rings is 2. The molecule has 0 spiro atoms. The molecular formula is C22H17N3S2. The highest BCUT2D eigenvalue weighted by molar-refractivity contribution is 7.98. The quantitative estimate of drug-likeness (QED) is 0.312. The average molecular weight is 388 g/mol. The van der Waals surface area contributed by atoms with Crippen LogP contribution >= 0.6 is 23.1 Å². The summed E-state index contributed by atoms with van der Waals surface area (Å²) in [5.41, 5.74) is 6.77. The Kier molecular flexibility index (Phi) is 4.93. The Labute approximate surface area is 166 Å². The smallest absolute Gasteiger partial charge is 0.128 e. The number of thiophene rings is 1. The van der Waals surface area contributed by atoms with Crippen LogP contribution in [-0.2, 0) is 5.75 Å². The molecule has 27 heavy (non-hydrogen) atoms. The highest BCUT2D eigenvalue weighted by atomic mass is 32.2. The summed E-state index contributed by atoms with van der Waals surface area (Å²) in [6.07, 6.45) is 1.64. The van der Waals surface area contributed by atoms with Crippen LogP contribution < -0.4 is 0 Å². The molecular weight excluding hydrogens is 370 g/mol. The zero-order chi connectivity index (χ0) is 18.8. The van der Waals surface area contributed by atoms with Crippen molar-refractivity contribution >= 4 is 33.3 Å². The second-order valence-corrected chi connectivity index (χ2v) is 8.23. The first-order valence-electron chi connectivity index (χ1n) is 8.57. The highest BCUT2D eigenvalue weighted by Gasteiger charge is 2.14. The molecule has 0 radical (unpaired) electrons. The lowest BCUT2D eigenvalue weighted by Crippen LogP contribution is -1.89. The molecule has 0 fully saturated rings. The van der Waals surface area contributed by atoms with Gasteiger partial charge in [0, 0.05) is 16.7 Å². The van der Waals surface area contributed by atoms with E-state index in [1.54, 1.807) is 29.4 Å². The highest BCUT2D eigenvalue weighted by Crippen LogP contribution is 2.39. The van der Waals surface area contributed by atoms with Gasteiger partial charge in [-0.3, -0.25) is 0 Å². The van der Waals surface area contributed by atoms with Crippen LogP contribution in [0.2, 0.25) is 0 Å². The Balaban J connectivity index is 1.72. The Hall–Kier alpha value is -2.68. The molecule has 0 atom stereocenters. The molecule has 0 N–H and O–H groups in total. The molecule has 0 unspecified atom stereocenters. The van der Waals surface area contributed by atoms with E-state index in [1.807, 2.05) is 24.3 Å². The Morgan fingerprint density at radius 2 is 1.96 bits per heavy atom. The van der Waals surface area contributed by atoms with Crippen molar-refractivity contribution in [2.75, 3.05) is 0 Å². The third kappa shape index (κ3) is 3.59. The van der Waals surface area contributed by atoms with Gasteiger partial charge in [0.1, 0.15) is 16.2 Å². The van der Waals surface area contributed by atoms with Gasteiger partial charge < -0.3 is 0 Å². The predicted octanol–water partition coefficient (Wildman–Crippen LogP) is 6.14. The van der Waals surface area contributed by atoms with E-state index in [0.717, 1.165) is 26.6 Å². The maximum Gasteiger partial charge on any atom is 0.128 e. The summed E-state index contributed by atoms with van der Waals surface area (Å²) >= 11 is 3.34. The minimum absolute atomic E-state index is 0.687. The van der Waals surface area contributed by atoms with Gasteiger partial charge in [0.2, 0.25) is 0 Å². The van der Waals surface area contributed by atoms with E-state index < -0.39 is 0 Å². The molecule has 132 valence electrons. The van der Waals surface area contributed by atoms with Crippen molar-refractivity contribution in [1.82, 2.24) is 9.97 Å². The van der Waals surface area contributed by atoms with Crippen LogP contribution in [0, 0.1) is 25.2 Å². The number of thioether (sulfide) groups is 1. The summed E-state index contributed by atoms with van der Waals surface area (Å²) < 4.78 is 0. The molecule has 0 aliphatic heterocycles. The summed E-state index contributed by atoms with van der Waals surface area (Å²) in [6.45, 7) is 4.27. The number of hydrogen-bond donors (Lipinski definition) is 0. The fourth-order valence-corrected chi connectivity index (χ4v) is 4.90. The van der Waals surface area contributed by atoms with E-state index in [1.165, 1.54) is 22.3 Å². The second kappa shape index (κ2) is 7.51. The van der Waals surface area contributed by atoms with Crippen LogP contribution in [0.4, 0.5) is 0 Å². The minimum Gasteiger partial charge on any atom is -0.229 e. The zero-order valence-corrected chi connectivity index (χ0v) is 16.7. The molecule has 0 saturated heterocycles. The summed E-state index contributed by atoms with van der Waals surface area (Å²) in [5, 5.41) is 13.4. The number of fused-ring (bicyclic) bond motifs is 1. The van der Waals surface area contributed by atoms with Crippen LogP contribution in [0.1, 0.15) is 22.3 Å². The maximum atomic E-state index is 9.09. The van der Waals surface area contributed by atoms with Gasteiger partial charge in [-0.05, 0) is 48.2 Å². The van der Waals surface area contributed by atoms with Crippen molar-refractivity contribution in [2.45, 2.75) is 24.6 Å². The summed E-state index contributed by atoms with van der Waals surface area (Å²) in [7, 11) is 0. The first-order chi connectivity index (χ1) is 13.2. The van der Waals surface area contributed by atoms with Gasteiger partial charge in [0.05, 0.1) is 17.0 Å². The first-order valence-corrected chi connectivity index (χ1v) is 10.4. The monoisotopic (exact) mass is 387 g/mol. The van der Waals surface area contributed by atoms with E-state index in [2.05, 4.69) is 53.5 Å². The molecule has 2 aromatic heterocycles. The first kappa shape index (κ1) is 17.7. The molecule has 0 aliphatic rings. The summed E-state index contributed by atoms with van der Waals surface area (Å²) in [5.74, 6) is 0.768. The van der Waals surface area contributed by atoms with E-state index in [4.69, 9.17) is 5.26 Å². The van der Waals surface area contributed by atoms with Crippen molar-refractivity contribution < 1.29 is 0 Å². The van der Waals surface area contributed by atoms with Crippen LogP contribution in [0.5, 0.6) is 0 Å². The van der Waals surface area contributed by atoms with Gasteiger partial charge in [-0.15, -0.1) is 23.1 Å². The largest absolute Gasteiger partial charge is 0.229 e. The molecule has 0 saturated carbocycles. The number of nitriles is 1. The lowest BCUT2D eigenvalue weighted by molar-refractivity contribution is 1.11. The van der Waals surface area contributed by atoms with Crippen molar-refractivity contribution in [2.24, 2.45) is 0 Å². The van der Waals surface area contributed by atoms with E-state index >= 15 is 0 Å². The fraction of sp³-hybridized carbons (Fsp3) is 0.136. The van der Waals surface area contributed by atoms with Crippen molar-refractivity contribution in [3.8, 4) is 17.2 Å². The third-order valence-corrected chi connectivity index (χ3v) is 6.53. The normalized spacial score (nSPS) is 10.9. The molecule has 2 heterocycles. The molecule has 0 bridgehead atoms. The van der Waals surface area contributed by atoms with Crippen molar-refractivity contribution in [3.05, 3.63) is 76.4 Å². The zero-order valence-electron chi connectivity index (χ0n) is 15.1. The number of rotatable bonds is 4. The van der Waals surface area contributed by atoms with Gasteiger partial charge in [-0.2, -0.15) is 5.26 Å². The lowest BCUT2D eigenvalue weighted by Gasteiger charge is -2.07. The fourth-order valence-electron chi connectivity index (χ4n) is 2.96. The number of aromatic nitrogens is 2. The van der Waals surface area contributed by atoms with Gasteiger partial charge in [0.15, 0.2) is 0 Å². The number of hydrogen-bond acceptors (Lipinski definition) is 5.